The number of allylic oxidation sites excluding steroid dienone is 2. The Hall–Kier alpha value is -4.44. The minimum atomic E-state index is -1.75. The Balaban J connectivity index is -0.000000110. The number of carbonyl (C=O) groups excluding carboxylic acids is 2. The molecule has 0 atom stereocenters. The molecule has 0 unspecified atom stereocenters. The number of carbonyl (C=O) groups is 2. The fourth-order valence-electron chi connectivity index (χ4n) is 1.62. The van der Waals surface area contributed by atoms with Crippen LogP contribution in [0.1, 0.15) is 34.8 Å². The van der Waals surface area contributed by atoms with Crippen molar-refractivity contribution >= 4 is 11.6 Å². The van der Waals surface area contributed by atoms with Gasteiger partial charge < -0.3 is 66.0 Å². The van der Waals surface area contributed by atoms with Gasteiger partial charge in [-0.1, -0.05) is 12.1 Å². The molecule has 0 saturated carbocycles. The SMILES string of the molecule is CCO.CCO.CN(C)/C=C/C(=O)c1ccccn1.CN(C)/C=C/C(=O)c1ccccn1.O=[N+]([O-])[O-].O=[N+]([O-])[O-].O=[N+]([O-])[O-].[Gd+3]. The molecule has 0 saturated heterocycles. The van der Waals surface area contributed by atoms with Crippen molar-refractivity contribution in [2.24, 2.45) is 0 Å². The van der Waals surface area contributed by atoms with Gasteiger partial charge in [0.05, 0.1) is 15.3 Å². The van der Waals surface area contributed by atoms with E-state index in [-0.39, 0.29) is 64.7 Å². The number of aliphatic hydroxyl groups excluding tert-OH is 2. The molecule has 0 aliphatic heterocycles. The predicted molar refractivity (Wildman–Crippen MR) is 159 cm³/mol. The molecule has 0 aliphatic carbocycles. The van der Waals surface area contributed by atoms with Crippen LogP contribution >= 0.6 is 0 Å². The number of hydrogen-bond acceptors (Lipinski definition) is 17. The third-order valence-electron chi connectivity index (χ3n) is 2.88. The largest absolute Gasteiger partial charge is 3.00 e. The summed E-state index contributed by atoms with van der Waals surface area (Å²) in [5.41, 5.74) is 0.946. The molecule has 2 rings (SSSR count). The first kappa shape index (κ1) is 53.1. The summed E-state index contributed by atoms with van der Waals surface area (Å²) in [6, 6.07) is 10.6. The Morgan fingerprint density at radius 3 is 1.04 bits per heavy atom. The van der Waals surface area contributed by atoms with E-state index in [2.05, 4.69) is 9.97 Å². The van der Waals surface area contributed by atoms with Crippen molar-refractivity contribution in [3.8, 4) is 0 Å². The van der Waals surface area contributed by atoms with Crippen LogP contribution in [0.4, 0.5) is 0 Å². The molecule has 0 fully saturated rings. The van der Waals surface area contributed by atoms with E-state index in [0.29, 0.717) is 11.4 Å². The zero-order valence-electron chi connectivity index (χ0n) is 25.2. The van der Waals surface area contributed by atoms with Crippen LogP contribution in [0.5, 0.6) is 0 Å². The van der Waals surface area contributed by atoms with Gasteiger partial charge in [-0.2, -0.15) is 0 Å². The van der Waals surface area contributed by atoms with Crippen LogP contribution in [0.2, 0.25) is 0 Å². The maximum atomic E-state index is 11.4. The van der Waals surface area contributed by atoms with E-state index in [1.807, 2.05) is 28.2 Å². The first-order valence-corrected chi connectivity index (χ1v) is 11.7. The number of aliphatic hydroxyl groups is 2. The molecule has 0 aromatic carbocycles. The Morgan fingerprint density at radius 2 is 0.889 bits per heavy atom. The van der Waals surface area contributed by atoms with Gasteiger partial charge in [0, 0.05) is 78.4 Å². The van der Waals surface area contributed by atoms with Crippen molar-refractivity contribution in [3.05, 3.63) is 131 Å². The van der Waals surface area contributed by atoms with Crippen LogP contribution in [0.25, 0.3) is 0 Å². The van der Waals surface area contributed by atoms with E-state index in [9.17, 15) is 9.59 Å². The average molecular weight is 788 g/mol. The van der Waals surface area contributed by atoms with Crippen LogP contribution in [0.3, 0.4) is 0 Å². The standard InChI is InChI=1S/2C10H12N2O.2C2H6O.Gd.3NO3/c2*1-12(2)8-6-10(13)9-5-3-4-7-11-9;2*1-2-3;;3*2-1(3)4/h2*3-8H,1-2H3;2*3H,2H2,1H3;;;;/q;;;;+3;3*-1/b2*8-6+;;;;;;. The van der Waals surface area contributed by atoms with Gasteiger partial charge in [-0.05, 0) is 38.1 Å². The first-order valence-electron chi connectivity index (χ1n) is 11.7. The summed E-state index contributed by atoms with van der Waals surface area (Å²) in [6.07, 6.45) is 9.63. The summed E-state index contributed by atoms with van der Waals surface area (Å²) in [6.45, 7) is 3.86. The monoisotopic (exact) mass is 788 g/mol. The quantitative estimate of drug-likeness (QED) is 0.183. The van der Waals surface area contributed by atoms with Gasteiger partial charge in [-0.25, -0.2) is 0 Å². The van der Waals surface area contributed by atoms with E-state index in [1.54, 1.807) is 84.8 Å². The second kappa shape index (κ2) is 39.6. The number of hydrogen-bond donors (Lipinski definition) is 2. The molecule has 0 spiro atoms. The Morgan fingerprint density at radius 1 is 0.667 bits per heavy atom. The summed E-state index contributed by atoms with van der Waals surface area (Å²) in [5.74, 6) is -0.149. The third-order valence-corrected chi connectivity index (χ3v) is 2.88. The molecule has 2 heterocycles. The van der Waals surface area contributed by atoms with E-state index in [0.717, 1.165) is 0 Å². The average Bonchev–Trinajstić information content (AvgIpc) is 2.91. The molecule has 21 heteroatoms. The second-order valence-electron chi connectivity index (χ2n) is 7.02. The van der Waals surface area contributed by atoms with Gasteiger partial charge in [0.2, 0.25) is 11.6 Å². The zero-order valence-corrected chi connectivity index (χ0v) is 27.5. The summed E-state index contributed by atoms with van der Waals surface area (Å²) >= 11 is 0. The van der Waals surface area contributed by atoms with Crippen molar-refractivity contribution in [2.75, 3.05) is 41.4 Å². The number of ketones is 2. The van der Waals surface area contributed by atoms with Crippen LogP contribution in [-0.4, -0.2) is 98.2 Å². The minimum absolute atomic E-state index is 0. The molecule has 45 heavy (non-hydrogen) atoms. The maximum Gasteiger partial charge on any atom is 3.00 e. The fraction of sp³-hybridized carbons (Fsp3) is 0.333. The van der Waals surface area contributed by atoms with Crippen molar-refractivity contribution in [2.45, 2.75) is 13.8 Å². The Bertz CT molecular complexity index is 970. The third kappa shape index (κ3) is 63.9. The number of aromatic nitrogens is 2. The Labute approximate surface area is 291 Å². The number of pyridine rings is 2. The van der Waals surface area contributed by atoms with Gasteiger partial charge in [0.25, 0.3) is 0 Å². The van der Waals surface area contributed by atoms with E-state index >= 15 is 0 Å². The summed E-state index contributed by atoms with van der Waals surface area (Å²) in [4.78, 5) is 59.0. The van der Waals surface area contributed by atoms with Gasteiger partial charge >= 0.3 is 39.9 Å². The first-order chi connectivity index (χ1) is 20.4. The molecular formula is C24H36GdN7O13. The van der Waals surface area contributed by atoms with Crippen LogP contribution in [-0.2, 0) is 0 Å². The van der Waals surface area contributed by atoms with E-state index in [4.69, 9.17) is 56.2 Å². The minimum Gasteiger partial charge on any atom is -0.397 e. The second-order valence-corrected chi connectivity index (χ2v) is 7.02. The topological polar surface area (TPSA) is 305 Å². The molecule has 1 radical (unpaired) electrons. The van der Waals surface area contributed by atoms with Crippen molar-refractivity contribution in [1.82, 2.24) is 19.8 Å². The normalized spacial score (nSPS) is 8.36. The summed E-state index contributed by atoms with van der Waals surface area (Å²) in [7, 11) is 7.45. The van der Waals surface area contributed by atoms with E-state index < -0.39 is 15.3 Å². The molecule has 2 aromatic rings. The number of nitrogens with zero attached hydrogens (tertiary/aromatic N) is 7. The predicted octanol–water partition coefficient (Wildman–Crippen LogP) is 1.96. The van der Waals surface area contributed by atoms with E-state index in [1.165, 1.54) is 12.2 Å². The summed E-state index contributed by atoms with van der Waals surface area (Å²) < 4.78 is 0. The smallest absolute Gasteiger partial charge is 0.397 e. The molecule has 0 amide bonds. The van der Waals surface area contributed by atoms with Gasteiger partial charge in [0.15, 0.2) is 0 Å². The molecule has 253 valence electrons. The van der Waals surface area contributed by atoms with Gasteiger partial charge in [-0.3, -0.25) is 19.6 Å². The molecular weight excluding hydrogens is 752 g/mol. The summed E-state index contributed by atoms with van der Waals surface area (Å²) in [5, 5.41) is 59.4. The van der Waals surface area contributed by atoms with Crippen LogP contribution in [0.15, 0.2) is 73.3 Å². The van der Waals surface area contributed by atoms with Crippen molar-refractivity contribution < 1.29 is 75.0 Å². The molecule has 2 aromatic heterocycles. The van der Waals surface area contributed by atoms with Gasteiger partial charge in [-0.15, -0.1) is 0 Å². The van der Waals surface area contributed by atoms with Gasteiger partial charge in [0.1, 0.15) is 11.4 Å². The molecule has 0 aliphatic rings. The molecule has 0 bridgehead atoms. The van der Waals surface area contributed by atoms with Crippen LogP contribution in [0, 0.1) is 85.9 Å². The Kier molecular flexibility index (Phi) is 46.7. The number of rotatable bonds is 6. The van der Waals surface area contributed by atoms with Crippen molar-refractivity contribution in [1.29, 1.82) is 0 Å². The molecule has 2 N–H and O–H groups in total. The maximum absolute atomic E-state index is 11.4. The van der Waals surface area contributed by atoms with Crippen LogP contribution < -0.4 is 0 Å². The zero-order chi connectivity index (χ0) is 35.5. The van der Waals surface area contributed by atoms with Crippen molar-refractivity contribution in [3.63, 3.8) is 0 Å². The fourth-order valence-corrected chi connectivity index (χ4v) is 1.62. The molecule has 20 nitrogen and oxygen atoms in total.